The van der Waals surface area contributed by atoms with Gasteiger partial charge in [-0.1, -0.05) is 26.3 Å². The summed E-state index contributed by atoms with van der Waals surface area (Å²) in [5, 5.41) is 9.23. The summed E-state index contributed by atoms with van der Waals surface area (Å²) in [6.07, 6.45) is 5.51. The third-order valence-corrected chi connectivity index (χ3v) is 8.49. The lowest BCUT2D eigenvalue weighted by molar-refractivity contribution is -0.157. The predicted octanol–water partition coefficient (Wildman–Crippen LogP) is 3.21. The van der Waals surface area contributed by atoms with Crippen molar-refractivity contribution in [2.75, 3.05) is 0 Å². The number of hydrogen-bond acceptors (Lipinski definition) is 4. The smallest absolute Gasteiger partial charge is 0.372 e. The van der Waals surface area contributed by atoms with Crippen molar-refractivity contribution in [3.05, 3.63) is 11.6 Å². The molecule has 4 aliphatic carbocycles. The van der Waals surface area contributed by atoms with Crippen molar-refractivity contribution < 1.29 is 24.3 Å². The molecule has 0 aromatic rings. The Labute approximate surface area is 159 Å². The maximum absolute atomic E-state index is 13.4. The van der Waals surface area contributed by atoms with Crippen molar-refractivity contribution in [2.24, 2.45) is 40.4 Å². The molecule has 0 aromatic carbocycles. The predicted molar refractivity (Wildman–Crippen MR) is 97.8 cm³/mol. The molecule has 27 heavy (non-hydrogen) atoms. The molecule has 0 aliphatic heterocycles. The fourth-order valence-electron chi connectivity index (χ4n) is 7.40. The van der Waals surface area contributed by atoms with Gasteiger partial charge < -0.3 is 5.11 Å². The summed E-state index contributed by atoms with van der Waals surface area (Å²) in [4.78, 5) is 49.0. The third kappa shape index (κ3) is 2.43. The van der Waals surface area contributed by atoms with E-state index in [0.29, 0.717) is 12.8 Å². The van der Waals surface area contributed by atoms with E-state index in [9.17, 15) is 24.3 Å². The molecule has 1 N–H and O–H groups in total. The molecule has 7 atom stereocenters. The van der Waals surface area contributed by atoms with Crippen LogP contribution in [0.15, 0.2) is 11.6 Å². The van der Waals surface area contributed by atoms with E-state index in [1.54, 1.807) is 6.08 Å². The quantitative estimate of drug-likeness (QED) is 0.752. The van der Waals surface area contributed by atoms with E-state index in [1.165, 1.54) is 0 Å². The van der Waals surface area contributed by atoms with E-state index in [0.717, 1.165) is 24.8 Å². The lowest BCUT2D eigenvalue weighted by Crippen LogP contribution is -2.57. The van der Waals surface area contributed by atoms with Crippen LogP contribution in [0.3, 0.4) is 0 Å². The summed E-state index contributed by atoms with van der Waals surface area (Å²) in [5.41, 5.74) is 0.312. The summed E-state index contributed by atoms with van der Waals surface area (Å²) in [6.45, 7) is 6.26. The fraction of sp³-hybridized carbons (Fsp3) is 0.727. The highest BCUT2D eigenvalue weighted by molar-refractivity contribution is 6.33. The van der Waals surface area contributed by atoms with Crippen LogP contribution in [0.2, 0.25) is 0 Å². The summed E-state index contributed by atoms with van der Waals surface area (Å²) < 4.78 is 0. The molecular formula is C22H28O5. The first-order chi connectivity index (χ1) is 12.6. The standard InChI is InChI=1S/C22H28O5/c1-11-8-13-14-4-5-15(19(25)20(26)27)22(14,3)10-17(24)18(13)21(2)7-6-12(23)9-16(11)21/h9,11,13-15,18H,4-8,10H2,1-3H3,(H,26,27)/t11?,13-,14-,15+,18+,21-,22-/m0/s1. The number of carbonyl (C=O) groups excluding carboxylic acids is 3. The summed E-state index contributed by atoms with van der Waals surface area (Å²) in [6, 6.07) is 0. The largest absolute Gasteiger partial charge is 0.475 e. The van der Waals surface area contributed by atoms with Gasteiger partial charge in [-0.15, -0.1) is 0 Å². The minimum atomic E-state index is -1.38. The van der Waals surface area contributed by atoms with Gasteiger partial charge in [0, 0.05) is 24.7 Å². The Hall–Kier alpha value is -1.78. The molecule has 4 rings (SSSR count). The molecule has 4 aliphatic rings. The number of aliphatic carboxylic acids is 1. The van der Waals surface area contributed by atoms with Crippen LogP contribution >= 0.6 is 0 Å². The van der Waals surface area contributed by atoms with Gasteiger partial charge in [0.2, 0.25) is 5.78 Å². The zero-order chi connectivity index (χ0) is 19.7. The van der Waals surface area contributed by atoms with Gasteiger partial charge in [-0.25, -0.2) is 4.79 Å². The van der Waals surface area contributed by atoms with Crippen molar-refractivity contribution in [3.8, 4) is 0 Å². The van der Waals surface area contributed by atoms with Gasteiger partial charge in [0.05, 0.1) is 0 Å². The first-order valence-corrected chi connectivity index (χ1v) is 10.1. The second-order valence-corrected chi connectivity index (χ2v) is 9.82. The zero-order valence-corrected chi connectivity index (χ0v) is 16.3. The van der Waals surface area contributed by atoms with Gasteiger partial charge in [0.1, 0.15) is 5.78 Å². The second-order valence-electron chi connectivity index (χ2n) is 9.82. The summed E-state index contributed by atoms with van der Waals surface area (Å²) in [7, 11) is 0. The molecule has 0 heterocycles. The Bertz CT molecular complexity index is 780. The number of hydrogen-bond donors (Lipinski definition) is 1. The molecule has 0 aromatic heterocycles. The molecule has 1 unspecified atom stereocenters. The van der Waals surface area contributed by atoms with E-state index in [2.05, 4.69) is 13.8 Å². The van der Waals surface area contributed by atoms with E-state index in [-0.39, 0.29) is 47.1 Å². The Morgan fingerprint density at radius 1 is 1.19 bits per heavy atom. The highest BCUT2D eigenvalue weighted by atomic mass is 16.4. The number of allylic oxidation sites excluding steroid dienone is 1. The summed E-state index contributed by atoms with van der Waals surface area (Å²) >= 11 is 0. The van der Waals surface area contributed by atoms with Crippen LogP contribution in [0.25, 0.3) is 0 Å². The normalized spacial score (nSPS) is 46.2. The number of carboxylic acids is 1. The van der Waals surface area contributed by atoms with Crippen LogP contribution in [0.5, 0.6) is 0 Å². The van der Waals surface area contributed by atoms with Crippen molar-refractivity contribution in [2.45, 2.75) is 59.3 Å². The number of Topliss-reactive ketones (excluding diaryl/α,β-unsaturated/α-hetero) is 2. The number of carboxylic acid groups (broad SMARTS) is 1. The second kappa shape index (κ2) is 5.86. The van der Waals surface area contributed by atoms with Gasteiger partial charge in [0.25, 0.3) is 0 Å². The molecule has 0 saturated heterocycles. The minimum Gasteiger partial charge on any atom is -0.475 e. The Balaban J connectivity index is 1.75. The maximum atomic E-state index is 13.4. The van der Waals surface area contributed by atoms with E-state index >= 15 is 0 Å². The molecule has 3 saturated carbocycles. The van der Waals surface area contributed by atoms with Crippen LogP contribution in [-0.4, -0.2) is 28.4 Å². The number of fused-ring (bicyclic) bond motifs is 5. The molecular weight excluding hydrogens is 344 g/mol. The van der Waals surface area contributed by atoms with Crippen LogP contribution < -0.4 is 0 Å². The van der Waals surface area contributed by atoms with Crippen LogP contribution in [0, 0.1) is 40.4 Å². The van der Waals surface area contributed by atoms with Crippen molar-refractivity contribution in [1.82, 2.24) is 0 Å². The molecule has 0 spiro atoms. The third-order valence-electron chi connectivity index (χ3n) is 8.49. The van der Waals surface area contributed by atoms with E-state index in [4.69, 9.17) is 0 Å². The number of carbonyl (C=O) groups is 4. The minimum absolute atomic E-state index is 0.107. The first-order valence-electron chi connectivity index (χ1n) is 10.1. The van der Waals surface area contributed by atoms with Crippen molar-refractivity contribution in [3.63, 3.8) is 0 Å². The molecule has 0 radical (unpaired) electrons. The highest BCUT2D eigenvalue weighted by Crippen LogP contribution is 2.66. The Morgan fingerprint density at radius 2 is 1.89 bits per heavy atom. The Morgan fingerprint density at radius 3 is 2.56 bits per heavy atom. The molecule has 146 valence electrons. The van der Waals surface area contributed by atoms with Gasteiger partial charge in [-0.05, 0) is 60.3 Å². The molecule has 5 nitrogen and oxygen atoms in total. The van der Waals surface area contributed by atoms with Crippen LogP contribution in [0.1, 0.15) is 59.3 Å². The number of rotatable bonds is 2. The van der Waals surface area contributed by atoms with Gasteiger partial charge in [-0.3, -0.25) is 14.4 Å². The average Bonchev–Trinajstić information content (AvgIpc) is 2.92. The highest BCUT2D eigenvalue weighted by Gasteiger charge is 2.64. The average molecular weight is 372 g/mol. The summed E-state index contributed by atoms with van der Waals surface area (Å²) in [5.74, 6) is -1.83. The van der Waals surface area contributed by atoms with Crippen molar-refractivity contribution >= 4 is 23.3 Å². The lowest BCUT2D eigenvalue weighted by atomic mass is 9.45. The monoisotopic (exact) mass is 372 g/mol. The number of ketones is 3. The van der Waals surface area contributed by atoms with Crippen LogP contribution in [-0.2, 0) is 19.2 Å². The first kappa shape index (κ1) is 18.6. The molecule has 0 bridgehead atoms. The van der Waals surface area contributed by atoms with Crippen LogP contribution in [0.4, 0.5) is 0 Å². The molecule has 5 heteroatoms. The fourth-order valence-corrected chi connectivity index (χ4v) is 7.40. The zero-order valence-electron chi connectivity index (χ0n) is 16.3. The molecule has 3 fully saturated rings. The van der Waals surface area contributed by atoms with E-state index in [1.807, 2.05) is 6.92 Å². The van der Waals surface area contributed by atoms with Gasteiger partial charge in [0.15, 0.2) is 5.78 Å². The van der Waals surface area contributed by atoms with Gasteiger partial charge in [-0.2, -0.15) is 0 Å². The maximum Gasteiger partial charge on any atom is 0.372 e. The van der Waals surface area contributed by atoms with Crippen molar-refractivity contribution in [1.29, 1.82) is 0 Å². The topological polar surface area (TPSA) is 88.5 Å². The molecule has 0 amide bonds. The van der Waals surface area contributed by atoms with Gasteiger partial charge >= 0.3 is 5.97 Å². The Kier molecular flexibility index (Phi) is 4.03. The lowest BCUT2D eigenvalue weighted by Gasteiger charge is -2.58. The SMILES string of the molecule is CC1C[C@H]2[C@@H]3CC[C@H](C(=O)C(=O)O)[C@@]3(C)CC(=O)[C@@H]2[C@@]2(C)CCC(=O)C=C12. The van der Waals surface area contributed by atoms with E-state index < -0.39 is 23.1 Å².